The number of benzene rings is 1. The summed E-state index contributed by atoms with van der Waals surface area (Å²) in [6.45, 7) is 6.48. The number of aromatic nitrogens is 2. The van der Waals surface area contributed by atoms with E-state index in [2.05, 4.69) is 46.5 Å². The van der Waals surface area contributed by atoms with Gasteiger partial charge in [-0.15, -0.1) is 0 Å². The molecule has 152 valence electrons. The van der Waals surface area contributed by atoms with Gasteiger partial charge >= 0.3 is 0 Å². The van der Waals surface area contributed by atoms with Crippen molar-refractivity contribution in [3.8, 4) is 0 Å². The maximum atomic E-state index is 12.1. The summed E-state index contributed by atoms with van der Waals surface area (Å²) in [5.74, 6) is 0.595. The van der Waals surface area contributed by atoms with Crippen LogP contribution in [0.5, 0.6) is 0 Å². The molecule has 1 fully saturated rings. The number of methoxy groups -OCH3 is 1. The van der Waals surface area contributed by atoms with E-state index in [4.69, 9.17) is 4.74 Å². The maximum Gasteiger partial charge on any atom is 0.222 e. The van der Waals surface area contributed by atoms with E-state index in [1.807, 2.05) is 23.1 Å². The van der Waals surface area contributed by atoms with Gasteiger partial charge in [0.25, 0.3) is 0 Å². The predicted octanol–water partition coefficient (Wildman–Crippen LogP) is 2.68. The van der Waals surface area contributed by atoms with Gasteiger partial charge in [-0.1, -0.05) is 37.6 Å². The van der Waals surface area contributed by atoms with Gasteiger partial charge in [0.05, 0.1) is 13.2 Å². The highest BCUT2D eigenvalue weighted by Crippen LogP contribution is 2.22. The quantitative estimate of drug-likeness (QED) is 0.722. The van der Waals surface area contributed by atoms with Crippen LogP contribution in [-0.2, 0) is 22.6 Å². The molecular formula is C22H32N4O2. The van der Waals surface area contributed by atoms with Crippen LogP contribution >= 0.6 is 0 Å². The van der Waals surface area contributed by atoms with Crippen molar-refractivity contribution in [2.24, 2.45) is 5.92 Å². The van der Waals surface area contributed by atoms with Crippen LogP contribution in [0.1, 0.15) is 37.3 Å². The molecule has 0 unspecified atom stereocenters. The average Bonchev–Trinajstić information content (AvgIpc) is 3.21. The molecule has 6 nitrogen and oxygen atoms in total. The van der Waals surface area contributed by atoms with Gasteiger partial charge in [0.15, 0.2) is 0 Å². The Kier molecular flexibility index (Phi) is 7.62. The Hall–Kier alpha value is -2.18. The van der Waals surface area contributed by atoms with Crippen LogP contribution in [0.2, 0.25) is 0 Å². The van der Waals surface area contributed by atoms with Crippen molar-refractivity contribution >= 4 is 5.91 Å². The van der Waals surface area contributed by atoms with Crippen LogP contribution in [0.15, 0.2) is 42.7 Å². The van der Waals surface area contributed by atoms with Crippen molar-refractivity contribution in [1.29, 1.82) is 0 Å². The Bertz CT molecular complexity index is 732. The number of carbonyl (C=O) groups excluding carboxylic acids is 1. The largest absolute Gasteiger partial charge is 0.384 e. The molecule has 3 rings (SSSR count). The molecule has 2 heterocycles. The molecule has 2 aromatic rings. The van der Waals surface area contributed by atoms with E-state index in [0.29, 0.717) is 18.9 Å². The molecule has 1 aliphatic heterocycles. The number of rotatable bonds is 9. The number of carbonyl (C=O) groups is 1. The number of hydrogen-bond donors (Lipinski definition) is 1. The van der Waals surface area contributed by atoms with Gasteiger partial charge in [0.1, 0.15) is 0 Å². The highest BCUT2D eigenvalue weighted by molar-refractivity contribution is 5.76. The monoisotopic (exact) mass is 384 g/mol. The Morgan fingerprint density at radius 1 is 1.29 bits per heavy atom. The van der Waals surface area contributed by atoms with E-state index >= 15 is 0 Å². The second-order valence-electron chi connectivity index (χ2n) is 7.63. The van der Waals surface area contributed by atoms with Gasteiger partial charge < -0.3 is 10.1 Å². The number of hydrogen-bond acceptors (Lipinski definition) is 4. The van der Waals surface area contributed by atoms with Gasteiger partial charge in [0.2, 0.25) is 5.91 Å². The lowest BCUT2D eigenvalue weighted by atomic mass is 9.89. The lowest BCUT2D eigenvalue weighted by Gasteiger charge is -2.38. The molecular weight excluding hydrogens is 352 g/mol. The summed E-state index contributed by atoms with van der Waals surface area (Å²) in [7, 11) is 1.63. The standard InChI is InChI=1S/C22H32N4O2/c1-3-20-17-25(12-8-21(20)24-22(27)9-13-28-2)15-18-6-4-7-19(14-18)16-26-11-5-10-23-26/h4-7,10-11,14,20-21H,3,8-9,12-13,15-17H2,1-2H3,(H,24,27)/t20-,21+/m1/s1. The highest BCUT2D eigenvalue weighted by Gasteiger charge is 2.29. The number of likely N-dealkylation sites (tertiary alicyclic amines) is 1. The van der Waals surface area contributed by atoms with Crippen LogP contribution in [-0.4, -0.2) is 53.4 Å². The van der Waals surface area contributed by atoms with E-state index < -0.39 is 0 Å². The van der Waals surface area contributed by atoms with Crippen LogP contribution in [0.4, 0.5) is 0 Å². The van der Waals surface area contributed by atoms with Gasteiger partial charge in [-0.2, -0.15) is 5.10 Å². The lowest BCUT2D eigenvalue weighted by molar-refractivity contribution is -0.123. The SMILES string of the molecule is CC[C@@H]1CN(Cc2cccc(Cn3cccn3)c2)CC[C@@H]1NC(=O)CCOC. The molecule has 28 heavy (non-hydrogen) atoms. The van der Waals surface area contributed by atoms with Crippen molar-refractivity contribution < 1.29 is 9.53 Å². The summed E-state index contributed by atoms with van der Waals surface area (Å²) < 4.78 is 6.95. The third kappa shape index (κ3) is 5.91. The third-order valence-electron chi connectivity index (χ3n) is 5.52. The second kappa shape index (κ2) is 10.4. The summed E-state index contributed by atoms with van der Waals surface area (Å²) in [5.41, 5.74) is 2.61. The molecule has 2 atom stereocenters. The lowest BCUT2D eigenvalue weighted by Crippen LogP contribution is -2.50. The van der Waals surface area contributed by atoms with Crippen molar-refractivity contribution in [3.05, 3.63) is 53.9 Å². The molecule has 0 radical (unpaired) electrons. The number of amides is 1. The Morgan fingerprint density at radius 2 is 2.11 bits per heavy atom. The molecule has 0 spiro atoms. The van der Waals surface area contributed by atoms with Gasteiger partial charge in [-0.05, 0) is 29.5 Å². The first-order chi connectivity index (χ1) is 13.7. The minimum absolute atomic E-state index is 0.102. The number of nitrogens with one attached hydrogen (secondary N) is 1. The van der Waals surface area contributed by atoms with Crippen molar-refractivity contribution in [3.63, 3.8) is 0 Å². The zero-order valence-electron chi connectivity index (χ0n) is 17.0. The van der Waals surface area contributed by atoms with E-state index in [9.17, 15) is 4.79 Å². The molecule has 1 aromatic carbocycles. The van der Waals surface area contributed by atoms with Crippen molar-refractivity contribution in [2.45, 2.75) is 45.3 Å². The second-order valence-corrected chi connectivity index (χ2v) is 7.63. The molecule has 0 saturated carbocycles. The minimum Gasteiger partial charge on any atom is -0.384 e. The molecule has 1 amide bonds. The topological polar surface area (TPSA) is 59.4 Å². The van der Waals surface area contributed by atoms with Gasteiger partial charge in [-0.3, -0.25) is 14.4 Å². The van der Waals surface area contributed by atoms with E-state index in [1.54, 1.807) is 7.11 Å². The smallest absolute Gasteiger partial charge is 0.222 e. The number of piperidine rings is 1. The molecule has 1 aromatic heterocycles. The van der Waals surface area contributed by atoms with E-state index in [0.717, 1.165) is 39.0 Å². The fourth-order valence-corrected chi connectivity index (χ4v) is 3.99. The molecule has 6 heteroatoms. The summed E-state index contributed by atoms with van der Waals surface area (Å²) in [4.78, 5) is 14.6. The Balaban J connectivity index is 1.54. The van der Waals surface area contributed by atoms with E-state index in [1.165, 1.54) is 11.1 Å². The summed E-state index contributed by atoms with van der Waals surface area (Å²) in [6.07, 6.45) is 6.32. The molecule has 1 saturated heterocycles. The molecule has 0 aliphatic carbocycles. The first kappa shape index (κ1) is 20.6. The van der Waals surface area contributed by atoms with Crippen LogP contribution in [0.25, 0.3) is 0 Å². The van der Waals surface area contributed by atoms with E-state index in [-0.39, 0.29) is 11.9 Å². The predicted molar refractivity (Wildman–Crippen MR) is 110 cm³/mol. The van der Waals surface area contributed by atoms with Gasteiger partial charge in [0, 0.05) is 51.6 Å². The molecule has 0 bridgehead atoms. The van der Waals surface area contributed by atoms with Crippen molar-refractivity contribution in [1.82, 2.24) is 20.0 Å². The fourth-order valence-electron chi connectivity index (χ4n) is 3.99. The third-order valence-corrected chi connectivity index (χ3v) is 5.52. The summed E-state index contributed by atoms with van der Waals surface area (Å²) >= 11 is 0. The Labute approximate surface area is 167 Å². The fraction of sp³-hybridized carbons (Fsp3) is 0.545. The first-order valence-corrected chi connectivity index (χ1v) is 10.2. The Morgan fingerprint density at radius 3 is 2.82 bits per heavy atom. The van der Waals surface area contributed by atoms with Gasteiger partial charge in [-0.25, -0.2) is 0 Å². The zero-order valence-corrected chi connectivity index (χ0v) is 17.0. The zero-order chi connectivity index (χ0) is 19.8. The molecule has 1 aliphatic rings. The minimum atomic E-state index is 0.102. The summed E-state index contributed by atoms with van der Waals surface area (Å²) in [6, 6.07) is 11.0. The maximum absolute atomic E-state index is 12.1. The number of ether oxygens (including phenoxy) is 1. The van der Waals surface area contributed by atoms with Crippen molar-refractivity contribution in [2.75, 3.05) is 26.8 Å². The first-order valence-electron chi connectivity index (χ1n) is 10.2. The van der Waals surface area contributed by atoms with Crippen LogP contribution in [0.3, 0.4) is 0 Å². The normalized spacial score (nSPS) is 20.2. The summed E-state index contributed by atoms with van der Waals surface area (Å²) in [5, 5.41) is 7.51. The van der Waals surface area contributed by atoms with Crippen LogP contribution < -0.4 is 5.32 Å². The van der Waals surface area contributed by atoms with Crippen LogP contribution in [0, 0.1) is 5.92 Å². The highest BCUT2D eigenvalue weighted by atomic mass is 16.5. The average molecular weight is 385 g/mol. The number of nitrogens with zero attached hydrogens (tertiary/aromatic N) is 3. The molecule has 1 N–H and O–H groups in total.